The van der Waals surface area contributed by atoms with Crippen molar-refractivity contribution >= 4 is 23.8 Å². The second-order valence-corrected chi connectivity index (χ2v) is 9.18. The molecule has 0 bridgehead atoms. The van der Waals surface area contributed by atoms with E-state index in [-0.39, 0.29) is 17.8 Å². The highest BCUT2D eigenvalue weighted by atomic mass is 16.5. The van der Waals surface area contributed by atoms with Crippen molar-refractivity contribution < 1.29 is 14.3 Å². The molecule has 180 valence electrons. The number of rotatable bonds is 7. The molecule has 7 heteroatoms. The van der Waals surface area contributed by atoms with Crippen molar-refractivity contribution in [2.45, 2.75) is 32.6 Å². The molecule has 1 unspecified atom stereocenters. The van der Waals surface area contributed by atoms with E-state index in [1.54, 1.807) is 0 Å². The van der Waals surface area contributed by atoms with Gasteiger partial charge in [0.15, 0.2) is 0 Å². The Hall–Kier alpha value is -3.19. The normalized spacial score (nSPS) is 18.5. The quantitative estimate of drug-likeness (QED) is 0.503. The first-order chi connectivity index (χ1) is 16.5. The summed E-state index contributed by atoms with van der Waals surface area (Å²) < 4.78 is 5.10. The number of aryl methyl sites for hydroxylation is 1. The number of carbonyl (C=O) groups is 2. The van der Waals surface area contributed by atoms with Gasteiger partial charge in [-0.15, -0.1) is 0 Å². The molecule has 1 amide bonds. The Bertz CT molecular complexity index is 1030. The number of carbonyl (C=O) groups excluding carboxylic acids is 2. The molecule has 34 heavy (non-hydrogen) atoms. The molecule has 1 saturated heterocycles. The molecule has 0 radical (unpaired) electrons. The molecule has 2 aromatic carbocycles. The van der Waals surface area contributed by atoms with Gasteiger partial charge in [0.1, 0.15) is 0 Å². The summed E-state index contributed by atoms with van der Waals surface area (Å²) in [5.41, 5.74) is 4.80. The van der Waals surface area contributed by atoms with E-state index in [0.29, 0.717) is 18.6 Å². The number of hydrogen-bond acceptors (Lipinski definition) is 6. The number of anilines is 1. The summed E-state index contributed by atoms with van der Waals surface area (Å²) in [4.78, 5) is 27.0. The maximum absolute atomic E-state index is 12.9. The smallest absolute Gasteiger partial charge is 0.306 e. The van der Waals surface area contributed by atoms with Crippen LogP contribution in [-0.4, -0.2) is 67.8 Å². The second kappa shape index (κ2) is 11.3. The first-order valence-electron chi connectivity index (χ1n) is 12.2. The van der Waals surface area contributed by atoms with E-state index in [0.717, 1.165) is 62.3 Å². The third kappa shape index (κ3) is 6.44. The molecule has 1 atom stereocenters. The number of ether oxygens (including phenoxy) is 1. The van der Waals surface area contributed by atoms with Gasteiger partial charge in [-0.25, -0.2) is 0 Å². The van der Waals surface area contributed by atoms with Crippen LogP contribution in [-0.2, 0) is 22.4 Å². The molecule has 1 aliphatic carbocycles. The molecule has 1 aliphatic heterocycles. The first kappa shape index (κ1) is 24.0. The van der Waals surface area contributed by atoms with Crippen molar-refractivity contribution in [2.75, 3.05) is 45.2 Å². The standard InChI is InChI=1S/C27H34N4O3/c1-3-34-26(32)17-21-4-7-22-8-9-23(18-24(22)16-21)27(33)29-25-10-5-20(6-11-25)19-28-31-14-12-30(2)13-15-31/h5-6,8-11,18-19,21H,3-4,7,12-17H2,1-2H3,(H,29,33). The zero-order valence-corrected chi connectivity index (χ0v) is 20.1. The van der Waals surface area contributed by atoms with Gasteiger partial charge >= 0.3 is 5.97 Å². The molecular formula is C27H34N4O3. The number of hydrazone groups is 1. The molecule has 2 aliphatic rings. The number of nitrogens with zero attached hydrogens (tertiary/aromatic N) is 3. The number of benzene rings is 2. The van der Waals surface area contributed by atoms with Crippen molar-refractivity contribution in [2.24, 2.45) is 11.0 Å². The van der Waals surface area contributed by atoms with E-state index < -0.39 is 0 Å². The summed E-state index contributed by atoms with van der Waals surface area (Å²) in [6, 6.07) is 13.6. The van der Waals surface area contributed by atoms with E-state index in [1.165, 1.54) is 5.56 Å². The van der Waals surface area contributed by atoms with E-state index >= 15 is 0 Å². The summed E-state index contributed by atoms with van der Waals surface area (Å²) in [7, 11) is 2.13. The Balaban J connectivity index is 1.33. The minimum atomic E-state index is -0.137. The fraction of sp³-hybridized carbons (Fsp3) is 0.444. The number of amides is 1. The van der Waals surface area contributed by atoms with E-state index in [9.17, 15) is 9.59 Å². The fourth-order valence-corrected chi connectivity index (χ4v) is 4.52. The van der Waals surface area contributed by atoms with Gasteiger partial charge in [-0.05, 0) is 80.1 Å². The van der Waals surface area contributed by atoms with Crippen LogP contribution in [0.1, 0.15) is 46.8 Å². The minimum Gasteiger partial charge on any atom is -0.466 e. The molecular weight excluding hydrogens is 428 g/mol. The van der Waals surface area contributed by atoms with Crippen molar-refractivity contribution in [1.29, 1.82) is 0 Å². The molecule has 0 aromatic heterocycles. The molecule has 4 rings (SSSR count). The minimum absolute atomic E-state index is 0.130. The van der Waals surface area contributed by atoms with Gasteiger partial charge < -0.3 is 15.0 Å². The van der Waals surface area contributed by atoms with Crippen LogP contribution in [0.2, 0.25) is 0 Å². The lowest BCUT2D eigenvalue weighted by molar-refractivity contribution is -0.144. The molecule has 1 N–H and O–H groups in total. The Labute approximate surface area is 201 Å². The van der Waals surface area contributed by atoms with Crippen LogP contribution in [0, 0.1) is 5.92 Å². The van der Waals surface area contributed by atoms with Crippen LogP contribution in [0.5, 0.6) is 0 Å². The molecule has 7 nitrogen and oxygen atoms in total. The Kier molecular flexibility index (Phi) is 7.95. The second-order valence-electron chi connectivity index (χ2n) is 9.18. The number of piperazine rings is 1. The van der Waals surface area contributed by atoms with Gasteiger partial charge in [0.2, 0.25) is 0 Å². The number of esters is 1. The molecule has 1 fully saturated rings. The number of likely N-dealkylation sites (N-methyl/N-ethyl adjacent to an activating group) is 1. The summed E-state index contributed by atoms with van der Waals surface area (Å²) >= 11 is 0. The van der Waals surface area contributed by atoms with Crippen LogP contribution in [0.15, 0.2) is 47.6 Å². The third-order valence-electron chi connectivity index (χ3n) is 6.58. The van der Waals surface area contributed by atoms with Gasteiger partial charge in [-0.3, -0.25) is 14.6 Å². The molecule has 2 aromatic rings. The lowest BCUT2D eigenvalue weighted by atomic mass is 9.81. The lowest BCUT2D eigenvalue weighted by Gasteiger charge is -2.30. The van der Waals surface area contributed by atoms with Crippen molar-refractivity contribution in [1.82, 2.24) is 9.91 Å². The van der Waals surface area contributed by atoms with Crippen LogP contribution in [0.3, 0.4) is 0 Å². The maximum Gasteiger partial charge on any atom is 0.306 e. The average Bonchev–Trinajstić information content (AvgIpc) is 2.84. The highest BCUT2D eigenvalue weighted by molar-refractivity contribution is 6.04. The van der Waals surface area contributed by atoms with Crippen molar-refractivity contribution in [3.8, 4) is 0 Å². The number of nitrogens with one attached hydrogen (secondary N) is 1. The first-order valence-corrected chi connectivity index (χ1v) is 12.2. The van der Waals surface area contributed by atoms with Gasteiger partial charge in [-0.1, -0.05) is 18.2 Å². The maximum atomic E-state index is 12.9. The largest absolute Gasteiger partial charge is 0.466 e. The summed E-state index contributed by atoms with van der Waals surface area (Å²) in [5.74, 6) is 0.000886. The van der Waals surface area contributed by atoms with Gasteiger partial charge in [0.05, 0.1) is 12.8 Å². The highest BCUT2D eigenvalue weighted by Crippen LogP contribution is 2.29. The van der Waals surface area contributed by atoms with E-state index in [1.807, 2.05) is 55.6 Å². The predicted molar refractivity (Wildman–Crippen MR) is 134 cm³/mol. The molecule has 0 saturated carbocycles. The number of hydrogen-bond donors (Lipinski definition) is 1. The molecule has 1 heterocycles. The summed E-state index contributed by atoms with van der Waals surface area (Å²) in [6.07, 6.45) is 5.01. The van der Waals surface area contributed by atoms with E-state index in [2.05, 4.69) is 27.4 Å². The van der Waals surface area contributed by atoms with Crippen molar-refractivity contribution in [3.63, 3.8) is 0 Å². The predicted octanol–water partition coefficient (Wildman–Crippen LogP) is 3.58. The van der Waals surface area contributed by atoms with Gasteiger partial charge in [0.25, 0.3) is 5.91 Å². The monoisotopic (exact) mass is 462 g/mol. The molecule has 0 spiro atoms. The zero-order valence-electron chi connectivity index (χ0n) is 20.1. The Morgan fingerprint density at radius 1 is 1.09 bits per heavy atom. The SMILES string of the molecule is CCOC(=O)CC1CCc2ccc(C(=O)Nc3ccc(C=NN4CCN(C)CC4)cc3)cc2C1. The van der Waals surface area contributed by atoms with E-state index in [4.69, 9.17) is 4.74 Å². The topological polar surface area (TPSA) is 74.2 Å². The van der Waals surface area contributed by atoms with Crippen LogP contribution in [0.25, 0.3) is 0 Å². The van der Waals surface area contributed by atoms with Crippen LogP contribution < -0.4 is 5.32 Å². The Morgan fingerprint density at radius 2 is 1.85 bits per heavy atom. The summed E-state index contributed by atoms with van der Waals surface area (Å²) in [5, 5.41) is 9.64. The van der Waals surface area contributed by atoms with Crippen LogP contribution in [0.4, 0.5) is 5.69 Å². The lowest BCUT2D eigenvalue weighted by Crippen LogP contribution is -2.41. The summed E-state index contributed by atoms with van der Waals surface area (Å²) in [6.45, 7) is 6.16. The Morgan fingerprint density at radius 3 is 2.59 bits per heavy atom. The third-order valence-corrected chi connectivity index (χ3v) is 6.58. The highest BCUT2D eigenvalue weighted by Gasteiger charge is 2.22. The zero-order chi connectivity index (χ0) is 23.9. The van der Waals surface area contributed by atoms with Gasteiger partial charge in [-0.2, -0.15) is 5.10 Å². The van der Waals surface area contributed by atoms with Crippen LogP contribution >= 0.6 is 0 Å². The average molecular weight is 463 g/mol. The van der Waals surface area contributed by atoms with Crippen molar-refractivity contribution in [3.05, 3.63) is 64.7 Å². The fourth-order valence-electron chi connectivity index (χ4n) is 4.52. The number of fused-ring (bicyclic) bond motifs is 1. The van der Waals surface area contributed by atoms with Gasteiger partial charge in [0, 0.05) is 43.9 Å².